The van der Waals surface area contributed by atoms with Crippen molar-refractivity contribution in [3.8, 4) is 0 Å². The molecule has 0 bridgehead atoms. The number of anilines is 1. The Morgan fingerprint density at radius 3 is 2.62 bits per heavy atom. The van der Waals surface area contributed by atoms with Gasteiger partial charge in [0.15, 0.2) is 0 Å². The van der Waals surface area contributed by atoms with Crippen LogP contribution in [0.1, 0.15) is 27.7 Å². The molecule has 134 valence electrons. The van der Waals surface area contributed by atoms with E-state index < -0.39 is 11.8 Å². The summed E-state index contributed by atoms with van der Waals surface area (Å²) in [6, 6.07) is 13.2. The van der Waals surface area contributed by atoms with Crippen LogP contribution in [-0.4, -0.2) is 18.4 Å². The highest BCUT2D eigenvalue weighted by Gasteiger charge is 2.21. The van der Waals surface area contributed by atoms with E-state index in [0.29, 0.717) is 5.69 Å². The zero-order chi connectivity index (χ0) is 18.5. The summed E-state index contributed by atoms with van der Waals surface area (Å²) in [6.07, 6.45) is 1.60. The third-order valence-corrected chi connectivity index (χ3v) is 5.29. The van der Waals surface area contributed by atoms with E-state index in [2.05, 4.69) is 10.6 Å². The first kappa shape index (κ1) is 17.9. The van der Waals surface area contributed by atoms with Crippen molar-refractivity contribution in [2.24, 2.45) is 0 Å². The molecule has 3 aromatic rings. The number of amides is 2. The normalized spacial score (nSPS) is 11.8. The van der Waals surface area contributed by atoms with E-state index in [1.165, 1.54) is 0 Å². The van der Waals surface area contributed by atoms with E-state index in [1.54, 1.807) is 23.7 Å². The van der Waals surface area contributed by atoms with Crippen LogP contribution in [-0.2, 0) is 9.59 Å². The molecular weight excluding hydrogens is 348 g/mol. The first-order valence-electron chi connectivity index (χ1n) is 8.28. The highest BCUT2D eigenvalue weighted by atomic mass is 32.1. The molecule has 0 radical (unpaired) electrons. The van der Waals surface area contributed by atoms with Gasteiger partial charge in [-0.15, -0.1) is 11.3 Å². The first-order chi connectivity index (χ1) is 12.6. The fourth-order valence-electron chi connectivity index (χ4n) is 2.66. The second kappa shape index (κ2) is 8.01. The van der Waals surface area contributed by atoms with Gasteiger partial charge in [0.25, 0.3) is 0 Å². The molecule has 0 unspecified atom stereocenters. The van der Waals surface area contributed by atoms with Crippen molar-refractivity contribution in [1.29, 1.82) is 0 Å². The molecule has 0 spiro atoms. The molecule has 2 heterocycles. The van der Waals surface area contributed by atoms with Crippen LogP contribution in [0.4, 0.5) is 5.69 Å². The zero-order valence-electron chi connectivity index (χ0n) is 14.6. The number of nitrogens with one attached hydrogen (secondary N) is 2. The van der Waals surface area contributed by atoms with Crippen molar-refractivity contribution in [3.05, 3.63) is 75.9 Å². The topological polar surface area (TPSA) is 71.3 Å². The predicted octanol–water partition coefficient (Wildman–Crippen LogP) is 3.84. The van der Waals surface area contributed by atoms with Crippen molar-refractivity contribution >= 4 is 28.8 Å². The van der Waals surface area contributed by atoms with Crippen molar-refractivity contribution in [1.82, 2.24) is 5.32 Å². The standard InChI is InChI=1S/C20H20N2O3S/c1-13-6-3-7-16(14(13)2)22-20(24)19(23)21-12-15(17-8-4-10-25-17)18-9-5-11-26-18/h3-11,15H,12H2,1-2H3,(H,21,23)(H,22,24)/t15-/m0/s1. The molecule has 0 aliphatic carbocycles. The summed E-state index contributed by atoms with van der Waals surface area (Å²) >= 11 is 1.58. The van der Waals surface area contributed by atoms with Crippen LogP contribution in [0.3, 0.4) is 0 Å². The number of benzene rings is 1. The highest BCUT2D eigenvalue weighted by molar-refractivity contribution is 7.10. The van der Waals surface area contributed by atoms with E-state index in [4.69, 9.17) is 4.42 Å². The van der Waals surface area contributed by atoms with E-state index in [9.17, 15) is 9.59 Å². The third kappa shape index (κ3) is 4.03. The maximum atomic E-state index is 12.2. The molecule has 0 saturated heterocycles. The van der Waals surface area contributed by atoms with Crippen molar-refractivity contribution < 1.29 is 14.0 Å². The predicted molar refractivity (Wildman–Crippen MR) is 102 cm³/mol. The minimum absolute atomic E-state index is 0.123. The Bertz CT molecular complexity index is 852. The van der Waals surface area contributed by atoms with Gasteiger partial charge in [0.05, 0.1) is 12.2 Å². The fraction of sp³-hybridized carbons (Fsp3) is 0.200. The van der Waals surface area contributed by atoms with Gasteiger partial charge in [0.1, 0.15) is 5.76 Å². The van der Waals surface area contributed by atoms with Crippen LogP contribution in [0.25, 0.3) is 0 Å². The molecule has 2 N–H and O–H groups in total. The van der Waals surface area contributed by atoms with Gasteiger partial charge in [-0.05, 0) is 54.6 Å². The minimum atomic E-state index is -0.678. The summed E-state index contributed by atoms with van der Waals surface area (Å²) in [6.45, 7) is 4.15. The van der Waals surface area contributed by atoms with Crippen LogP contribution in [0.5, 0.6) is 0 Å². The van der Waals surface area contributed by atoms with Crippen LogP contribution < -0.4 is 10.6 Å². The van der Waals surface area contributed by atoms with E-state index in [1.807, 2.05) is 55.6 Å². The lowest BCUT2D eigenvalue weighted by Gasteiger charge is -2.14. The lowest BCUT2D eigenvalue weighted by molar-refractivity contribution is -0.136. The van der Waals surface area contributed by atoms with Gasteiger partial charge in [-0.1, -0.05) is 18.2 Å². The molecule has 2 aromatic heterocycles. The molecule has 3 rings (SSSR count). The molecule has 0 aliphatic rings. The molecule has 1 aromatic carbocycles. The van der Waals surface area contributed by atoms with Gasteiger partial charge < -0.3 is 15.1 Å². The number of carbonyl (C=O) groups excluding carboxylic acids is 2. The summed E-state index contributed by atoms with van der Waals surface area (Å²) in [5.74, 6) is -0.716. The molecule has 0 fully saturated rings. The Morgan fingerprint density at radius 2 is 1.92 bits per heavy atom. The Balaban J connectivity index is 1.65. The number of hydrogen-bond acceptors (Lipinski definition) is 4. The number of furan rings is 1. The molecule has 5 nitrogen and oxygen atoms in total. The molecule has 0 aliphatic heterocycles. The van der Waals surface area contributed by atoms with Gasteiger partial charge in [-0.2, -0.15) is 0 Å². The molecule has 0 saturated carbocycles. The van der Waals surface area contributed by atoms with Gasteiger partial charge in [0.2, 0.25) is 0 Å². The number of thiophene rings is 1. The number of hydrogen-bond donors (Lipinski definition) is 2. The average molecular weight is 368 g/mol. The molecule has 1 atom stereocenters. The zero-order valence-corrected chi connectivity index (χ0v) is 15.4. The SMILES string of the molecule is Cc1cccc(NC(=O)C(=O)NC[C@@H](c2ccco2)c2cccs2)c1C. The lowest BCUT2D eigenvalue weighted by Crippen LogP contribution is -2.37. The average Bonchev–Trinajstić information content (AvgIpc) is 3.33. The maximum absolute atomic E-state index is 12.2. The molecular formula is C20H20N2O3S. The maximum Gasteiger partial charge on any atom is 0.313 e. The Morgan fingerprint density at radius 1 is 1.08 bits per heavy atom. The van der Waals surface area contributed by atoms with Gasteiger partial charge >= 0.3 is 11.8 Å². The van der Waals surface area contributed by atoms with E-state index >= 15 is 0 Å². The number of carbonyl (C=O) groups is 2. The summed E-state index contributed by atoms with van der Waals surface area (Å²) in [5, 5.41) is 7.35. The number of aryl methyl sites for hydroxylation is 1. The lowest BCUT2D eigenvalue weighted by atomic mass is 10.0. The van der Waals surface area contributed by atoms with Crippen LogP contribution in [0.2, 0.25) is 0 Å². The van der Waals surface area contributed by atoms with E-state index in [-0.39, 0.29) is 12.5 Å². The monoisotopic (exact) mass is 368 g/mol. The van der Waals surface area contributed by atoms with Gasteiger partial charge in [0, 0.05) is 17.1 Å². The molecule has 2 amide bonds. The largest absolute Gasteiger partial charge is 0.469 e. The Labute approximate surface area is 156 Å². The summed E-state index contributed by atoms with van der Waals surface area (Å²) in [4.78, 5) is 25.5. The summed E-state index contributed by atoms with van der Waals surface area (Å²) in [5.41, 5.74) is 2.64. The van der Waals surface area contributed by atoms with Crippen LogP contribution in [0.15, 0.2) is 58.5 Å². The summed E-state index contributed by atoms with van der Waals surface area (Å²) in [7, 11) is 0. The second-order valence-corrected chi connectivity index (χ2v) is 6.97. The Kier molecular flexibility index (Phi) is 5.53. The van der Waals surface area contributed by atoms with Gasteiger partial charge in [-0.25, -0.2) is 0 Å². The van der Waals surface area contributed by atoms with Crippen molar-refractivity contribution in [3.63, 3.8) is 0 Å². The number of rotatable bonds is 5. The molecule has 26 heavy (non-hydrogen) atoms. The second-order valence-electron chi connectivity index (χ2n) is 6.00. The van der Waals surface area contributed by atoms with Gasteiger partial charge in [-0.3, -0.25) is 9.59 Å². The molecule has 6 heteroatoms. The van der Waals surface area contributed by atoms with Crippen LogP contribution in [0, 0.1) is 13.8 Å². The third-order valence-electron chi connectivity index (χ3n) is 4.30. The van der Waals surface area contributed by atoms with Crippen molar-refractivity contribution in [2.75, 3.05) is 11.9 Å². The van der Waals surface area contributed by atoms with Crippen molar-refractivity contribution in [2.45, 2.75) is 19.8 Å². The highest BCUT2D eigenvalue weighted by Crippen LogP contribution is 2.28. The van der Waals surface area contributed by atoms with E-state index in [0.717, 1.165) is 21.8 Å². The summed E-state index contributed by atoms with van der Waals surface area (Å²) < 4.78 is 5.49. The Hall–Kier alpha value is -2.86. The quantitative estimate of drug-likeness (QED) is 0.672. The minimum Gasteiger partial charge on any atom is -0.469 e. The first-order valence-corrected chi connectivity index (χ1v) is 9.16. The fourth-order valence-corrected chi connectivity index (χ4v) is 3.50. The van der Waals surface area contributed by atoms with Crippen LogP contribution >= 0.6 is 11.3 Å². The smallest absolute Gasteiger partial charge is 0.313 e.